The molecule has 0 saturated heterocycles. The third-order valence-corrected chi connectivity index (χ3v) is 3.81. The summed E-state index contributed by atoms with van der Waals surface area (Å²) in [4.78, 5) is 4.53. The first-order valence-corrected chi connectivity index (χ1v) is 6.91. The van der Waals surface area contributed by atoms with Gasteiger partial charge in [-0.25, -0.2) is 4.98 Å². The lowest BCUT2D eigenvalue weighted by Crippen LogP contribution is -2.26. The van der Waals surface area contributed by atoms with Crippen molar-refractivity contribution >= 4 is 34.2 Å². The molecule has 104 valence electrons. The first-order chi connectivity index (χ1) is 9.06. The number of fused-ring (bicyclic) bond motifs is 1. The van der Waals surface area contributed by atoms with Crippen molar-refractivity contribution in [2.45, 2.75) is 32.5 Å². The fraction of sp³-hybridized carbons (Fsp3) is 0.462. The molecular weight excluding hydrogens is 285 g/mol. The number of rotatable bonds is 5. The van der Waals surface area contributed by atoms with Gasteiger partial charge in [-0.3, -0.25) is 0 Å². The summed E-state index contributed by atoms with van der Waals surface area (Å²) in [5, 5.41) is 1.02. The number of ether oxygens (including phenoxy) is 1. The predicted octanol–water partition coefficient (Wildman–Crippen LogP) is 3.23. The maximum atomic E-state index is 6.08. The van der Waals surface area contributed by atoms with Crippen LogP contribution in [0, 0.1) is 0 Å². The van der Waals surface area contributed by atoms with Crippen LogP contribution < -0.4 is 5.73 Å². The molecule has 0 saturated carbocycles. The van der Waals surface area contributed by atoms with Gasteiger partial charge < -0.3 is 15.0 Å². The molecule has 19 heavy (non-hydrogen) atoms. The van der Waals surface area contributed by atoms with Crippen LogP contribution in [0.2, 0.25) is 10.0 Å². The van der Waals surface area contributed by atoms with Crippen LogP contribution >= 0.6 is 23.2 Å². The largest absolute Gasteiger partial charge is 0.377 e. The highest BCUT2D eigenvalue weighted by atomic mass is 35.5. The number of nitrogens with zero attached hydrogens (tertiary/aromatic N) is 2. The lowest BCUT2D eigenvalue weighted by Gasteiger charge is -2.13. The molecule has 2 aromatic rings. The highest BCUT2D eigenvalue weighted by molar-refractivity contribution is 6.42. The van der Waals surface area contributed by atoms with Crippen molar-refractivity contribution in [2.24, 2.45) is 5.73 Å². The molecule has 1 heterocycles. The molecule has 4 nitrogen and oxygen atoms in total. The van der Waals surface area contributed by atoms with Crippen LogP contribution in [0.3, 0.4) is 0 Å². The lowest BCUT2D eigenvalue weighted by atomic mass is 10.2. The molecule has 0 aliphatic heterocycles. The third-order valence-electron chi connectivity index (χ3n) is 3.08. The van der Waals surface area contributed by atoms with Crippen LogP contribution in [0.1, 0.15) is 19.2 Å². The Labute approximate surface area is 122 Å². The second kappa shape index (κ2) is 6.09. The molecule has 1 unspecified atom stereocenters. The van der Waals surface area contributed by atoms with E-state index >= 15 is 0 Å². The van der Waals surface area contributed by atoms with E-state index in [0.717, 1.165) is 23.3 Å². The number of methoxy groups -OCH3 is 1. The molecular formula is C13H17Cl2N3O. The zero-order valence-corrected chi connectivity index (χ0v) is 12.5. The molecule has 2 rings (SSSR count). The maximum Gasteiger partial charge on any atom is 0.136 e. The zero-order chi connectivity index (χ0) is 14.0. The summed E-state index contributed by atoms with van der Waals surface area (Å²) in [7, 11) is 1.64. The summed E-state index contributed by atoms with van der Waals surface area (Å²) in [5.41, 5.74) is 7.79. The van der Waals surface area contributed by atoms with Gasteiger partial charge in [-0.15, -0.1) is 0 Å². The SMILES string of the molecule is CCC(N)Cn1c(COC)nc2cc(Cl)c(Cl)cc21. The second-order valence-corrected chi connectivity index (χ2v) is 5.31. The number of hydrogen-bond donors (Lipinski definition) is 1. The van der Waals surface area contributed by atoms with Crippen LogP contribution in [0.4, 0.5) is 0 Å². The Kier molecular flexibility index (Phi) is 4.68. The topological polar surface area (TPSA) is 53.1 Å². The normalized spacial score (nSPS) is 13.1. The molecule has 0 spiro atoms. The summed E-state index contributed by atoms with van der Waals surface area (Å²) >= 11 is 12.1. The fourth-order valence-electron chi connectivity index (χ4n) is 1.98. The summed E-state index contributed by atoms with van der Waals surface area (Å²) in [5.74, 6) is 0.833. The number of halogens is 2. The lowest BCUT2D eigenvalue weighted by molar-refractivity contribution is 0.174. The van der Waals surface area contributed by atoms with Gasteiger partial charge in [0, 0.05) is 19.7 Å². The summed E-state index contributed by atoms with van der Waals surface area (Å²) < 4.78 is 7.23. The van der Waals surface area contributed by atoms with Crippen molar-refractivity contribution in [3.05, 3.63) is 28.0 Å². The Balaban J connectivity index is 2.55. The van der Waals surface area contributed by atoms with Gasteiger partial charge in [0.1, 0.15) is 12.4 Å². The number of aromatic nitrogens is 2. The van der Waals surface area contributed by atoms with Crippen LogP contribution in [0.5, 0.6) is 0 Å². The molecule has 0 aliphatic carbocycles. The molecule has 2 N–H and O–H groups in total. The summed E-state index contributed by atoms with van der Waals surface area (Å²) in [6.45, 7) is 3.17. The van der Waals surface area contributed by atoms with E-state index in [1.807, 2.05) is 6.07 Å². The molecule has 6 heteroatoms. The van der Waals surface area contributed by atoms with E-state index in [9.17, 15) is 0 Å². The molecule has 1 aromatic heterocycles. The van der Waals surface area contributed by atoms with Gasteiger partial charge in [-0.2, -0.15) is 0 Å². The van der Waals surface area contributed by atoms with Gasteiger partial charge in [0.05, 0.1) is 21.1 Å². The number of imidazole rings is 1. The minimum Gasteiger partial charge on any atom is -0.377 e. The van der Waals surface area contributed by atoms with E-state index < -0.39 is 0 Å². The predicted molar refractivity (Wildman–Crippen MR) is 78.7 cm³/mol. The van der Waals surface area contributed by atoms with Crippen molar-refractivity contribution < 1.29 is 4.74 Å². The average Bonchev–Trinajstić information content (AvgIpc) is 2.68. The van der Waals surface area contributed by atoms with Crippen LogP contribution in [0.25, 0.3) is 11.0 Å². The van der Waals surface area contributed by atoms with Crippen LogP contribution in [-0.2, 0) is 17.9 Å². The van der Waals surface area contributed by atoms with E-state index in [4.69, 9.17) is 33.7 Å². The Bertz CT molecular complexity index is 583. The van der Waals surface area contributed by atoms with Crippen molar-refractivity contribution in [1.82, 2.24) is 9.55 Å². The number of nitrogens with two attached hydrogens (primary N) is 1. The fourth-order valence-corrected chi connectivity index (χ4v) is 2.29. The van der Waals surface area contributed by atoms with Crippen molar-refractivity contribution in [1.29, 1.82) is 0 Å². The summed E-state index contributed by atoms with van der Waals surface area (Å²) in [6.07, 6.45) is 0.896. The monoisotopic (exact) mass is 301 g/mol. The molecule has 0 bridgehead atoms. The molecule has 0 aliphatic rings. The number of hydrogen-bond acceptors (Lipinski definition) is 3. The van der Waals surface area contributed by atoms with E-state index in [1.165, 1.54) is 0 Å². The highest BCUT2D eigenvalue weighted by Crippen LogP contribution is 2.28. The van der Waals surface area contributed by atoms with E-state index in [0.29, 0.717) is 23.2 Å². The number of benzene rings is 1. The quantitative estimate of drug-likeness (QED) is 0.922. The standard InChI is InChI=1S/C13H17Cl2N3O/c1-3-8(16)6-18-12-5-10(15)9(14)4-11(12)17-13(18)7-19-2/h4-5,8H,3,6-7,16H2,1-2H3. The molecule has 1 aromatic carbocycles. The Morgan fingerprint density at radius 1 is 1.37 bits per heavy atom. The minimum atomic E-state index is 0.0717. The van der Waals surface area contributed by atoms with Gasteiger partial charge in [0.25, 0.3) is 0 Å². The Morgan fingerprint density at radius 3 is 2.68 bits per heavy atom. The molecule has 0 fully saturated rings. The smallest absolute Gasteiger partial charge is 0.136 e. The third kappa shape index (κ3) is 3.03. The highest BCUT2D eigenvalue weighted by Gasteiger charge is 2.14. The minimum absolute atomic E-state index is 0.0717. The first-order valence-electron chi connectivity index (χ1n) is 6.15. The van der Waals surface area contributed by atoms with Crippen molar-refractivity contribution in [3.63, 3.8) is 0 Å². The van der Waals surface area contributed by atoms with E-state index in [2.05, 4.69) is 16.5 Å². The van der Waals surface area contributed by atoms with E-state index in [-0.39, 0.29) is 6.04 Å². The van der Waals surface area contributed by atoms with Crippen molar-refractivity contribution in [2.75, 3.05) is 7.11 Å². The Morgan fingerprint density at radius 2 is 2.05 bits per heavy atom. The molecule has 0 amide bonds. The van der Waals surface area contributed by atoms with Gasteiger partial charge in [0.2, 0.25) is 0 Å². The van der Waals surface area contributed by atoms with Crippen LogP contribution in [-0.4, -0.2) is 22.7 Å². The van der Waals surface area contributed by atoms with Crippen LogP contribution in [0.15, 0.2) is 12.1 Å². The molecule has 1 atom stereocenters. The second-order valence-electron chi connectivity index (χ2n) is 4.50. The van der Waals surface area contributed by atoms with Gasteiger partial charge >= 0.3 is 0 Å². The first kappa shape index (κ1) is 14.6. The van der Waals surface area contributed by atoms with Gasteiger partial charge in [-0.1, -0.05) is 30.1 Å². The average molecular weight is 302 g/mol. The molecule has 0 radical (unpaired) electrons. The Hall–Kier alpha value is -0.810. The van der Waals surface area contributed by atoms with Gasteiger partial charge in [-0.05, 0) is 18.6 Å². The van der Waals surface area contributed by atoms with Crippen molar-refractivity contribution in [3.8, 4) is 0 Å². The summed E-state index contributed by atoms with van der Waals surface area (Å²) in [6, 6.07) is 3.67. The zero-order valence-electron chi connectivity index (χ0n) is 11.0. The van der Waals surface area contributed by atoms with Gasteiger partial charge in [0.15, 0.2) is 0 Å². The van der Waals surface area contributed by atoms with E-state index in [1.54, 1.807) is 13.2 Å². The maximum absolute atomic E-state index is 6.08.